The molecule has 0 spiro atoms. The van der Waals surface area contributed by atoms with E-state index in [1.54, 1.807) is 11.9 Å². The first-order chi connectivity index (χ1) is 4.62. The molecule has 0 aliphatic heterocycles. The Kier molecular flexibility index (Phi) is 11.2. The first kappa shape index (κ1) is 15.0. The molecule has 11 heavy (non-hydrogen) atoms. The number of hydrogen-bond acceptors (Lipinski definition) is 4. The molecule has 0 heterocycles. The molecule has 0 bridgehead atoms. The van der Waals surface area contributed by atoms with E-state index in [1.807, 2.05) is 0 Å². The van der Waals surface area contributed by atoms with Crippen LogP contribution in [0, 0.1) is 10.2 Å². The fraction of sp³-hybridized carbons (Fsp3) is 0.750. The minimum absolute atomic E-state index is 0. The SMILES string of the molecule is CCCS(=O)(=O)O[Se]C#N.[K]. The summed E-state index contributed by atoms with van der Waals surface area (Å²) in [6, 6.07) is 0. The molecule has 0 fully saturated rings. The van der Waals surface area contributed by atoms with Crippen molar-refractivity contribution in [2.75, 3.05) is 5.75 Å². The van der Waals surface area contributed by atoms with Gasteiger partial charge < -0.3 is 0 Å². The molecule has 59 valence electrons. The van der Waals surface area contributed by atoms with Gasteiger partial charge in [0.1, 0.15) is 0 Å². The average molecular weight is 267 g/mol. The van der Waals surface area contributed by atoms with E-state index >= 15 is 0 Å². The van der Waals surface area contributed by atoms with Crippen molar-refractivity contribution < 1.29 is 11.7 Å². The van der Waals surface area contributed by atoms with Crippen LogP contribution in [0.5, 0.6) is 0 Å². The van der Waals surface area contributed by atoms with Gasteiger partial charge in [-0.05, 0) is 0 Å². The van der Waals surface area contributed by atoms with Gasteiger partial charge in [0.25, 0.3) is 0 Å². The predicted molar refractivity (Wildman–Crippen MR) is 42.3 cm³/mol. The molecule has 0 amide bonds. The third-order valence-electron chi connectivity index (χ3n) is 0.629. The van der Waals surface area contributed by atoms with Crippen LogP contribution in [0.3, 0.4) is 0 Å². The molecule has 0 saturated carbocycles. The molecule has 0 aliphatic rings. The van der Waals surface area contributed by atoms with Gasteiger partial charge >= 0.3 is 66.4 Å². The van der Waals surface area contributed by atoms with Crippen LogP contribution in [0.4, 0.5) is 0 Å². The number of nitriles is 1. The van der Waals surface area contributed by atoms with Gasteiger partial charge in [0.15, 0.2) is 0 Å². The Hall–Kier alpha value is 1.56. The second-order valence-corrected chi connectivity index (χ2v) is 4.75. The standard InChI is InChI=1S/C4H7NO3SSe.K/c1-2-3-9(6,7)8-10-4-5;/h2-3H2,1H3;. The zero-order valence-corrected chi connectivity index (χ0v) is 12.1. The molecule has 0 aromatic carbocycles. The summed E-state index contributed by atoms with van der Waals surface area (Å²) in [4.78, 5) is 1.64. The van der Waals surface area contributed by atoms with Gasteiger partial charge in [-0.2, -0.15) is 0 Å². The summed E-state index contributed by atoms with van der Waals surface area (Å²) < 4.78 is 25.6. The van der Waals surface area contributed by atoms with Gasteiger partial charge in [-0.15, -0.1) is 0 Å². The average Bonchev–Trinajstić information content (AvgIpc) is 1.84. The van der Waals surface area contributed by atoms with E-state index in [0.717, 1.165) is 0 Å². The van der Waals surface area contributed by atoms with Crippen LogP contribution in [0.25, 0.3) is 0 Å². The fourth-order valence-corrected chi connectivity index (χ4v) is 2.33. The molecule has 1 radical (unpaired) electrons. The predicted octanol–water partition coefficient (Wildman–Crippen LogP) is -0.538. The Morgan fingerprint density at radius 1 is 1.64 bits per heavy atom. The molecule has 0 N–H and O–H groups in total. The minimum atomic E-state index is -3.39. The summed E-state index contributed by atoms with van der Waals surface area (Å²) in [6.07, 6.45) is 0.518. The van der Waals surface area contributed by atoms with E-state index in [1.165, 1.54) is 0 Å². The molecule has 0 saturated heterocycles. The monoisotopic (exact) mass is 268 g/mol. The molecular formula is C4H7KNO3SSe. The molecule has 0 aromatic rings. The molecule has 0 aromatic heterocycles. The van der Waals surface area contributed by atoms with Crippen LogP contribution < -0.4 is 0 Å². The van der Waals surface area contributed by atoms with E-state index < -0.39 is 25.4 Å². The smallest absolute Gasteiger partial charge is 0 e. The maximum Gasteiger partial charge on any atom is 0 e. The number of rotatable bonds is 4. The summed E-state index contributed by atoms with van der Waals surface area (Å²) in [5.74, 6) is -0.00354. The summed E-state index contributed by atoms with van der Waals surface area (Å²) in [6.45, 7) is 1.74. The summed E-state index contributed by atoms with van der Waals surface area (Å²) >= 11 is -0.881. The number of hydrogen-bond donors (Lipinski definition) is 0. The zero-order valence-electron chi connectivity index (χ0n) is 6.40. The molecule has 0 atom stereocenters. The maximum atomic E-state index is 10.6. The molecule has 7 heteroatoms. The summed E-state index contributed by atoms with van der Waals surface area (Å²) in [7, 11) is -3.39. The zero-order chi connectivity index (χ0) is 8.04. The van der Waals surface area contributed by atoms with Crippen molar-refractivity contribution in [3.63, 3.8) is 0 Å². The summed E-state index contributed by atoms with van der Waals surface area (Å²) in [5, 5.41) is 7.99. The summed E-state index contributed by atoms with van der Waals surface area (Å²) in [5.41, 5.74) is 0. The van der Waals surface area contributed by atoms with Crippen LogP contribution >= 0.6 is 0 Å². The van der Waals surface area contributed by atoms with E-state index in [0.29, 0.717) is 6.42 Å². The van der Waals surface area contributed by atoms with Crippen molar-refractivity contribution in [3.8, 4) is 4.97 Å². The third kappa shape index (κ3) is 9.47. The van der Waals surface area contributed by atoms with Crippen LogP contribution in [0.1, 0.15) is 13.3 Å². The van der Waals surface area contributed by atoms with Crippen LogP contribution in [-0.4, -0.2) is 80.8 Å². The normalized spacial score (nSPS) is 9.82. The van der Waals surface area contributed by atoms with Crippen molar-refractivity contribution in [2.24, 2.45) is 0 Å². The molecule has 0 rings (SSSR count). The Labute approximate surface area is 116 Å². The van der Waals surface area contributed by atoms with Gasteiger partial charge in [0.05, 0.1) is 0 Å². The Morgan fingerprint density at radius 2 is 2.18 bits per heavy atom. The Morgan fingerprint density at radius 3 is 2.55 bits per heavy atom. The van der Waals surface area contributed by atoms with Crippen molar-refractivity contribution in [2.45, 2.75) is 13.3 Å². The third-order valence-corrected chi connectivity index (χ3v) is 3.70. The van der Waals surface area contributed by atoms with E-state index in [9.17, 15) is 8.42 Å². The Balaban J connectivity index is 0. The van der Waals surface area contributed by atoms with Crippen molar-refractivity contribution in [1.29, 1.82) is 5.26 Å². The van der Waals surface area contributed by atoms with Gasteiger partial charge in [-0.3, -0.25) is 0 Å². The van der Waals surface area contributed by atoms with Gasteiger partial charge in [-0.25, -0.2) is 0 Å². The largest absolute Gasteiger partial charge is 0 e. The van der Waals surface area contributed by atoms with Gasteiger partial charge in [-0.1, -0.05) is 0 Å². The molecule has 4 nitrogen and oxygen atoms in total. The Bertz CT molecular complexity index is 222. The van der Waals surface area contributed by atoms with Crippen molar-refractivity contribution in [1.82, 2.24) is 0 Å². The van der Waals surface area contributed by atoms with E-state index in [2.05, 4.69) is 3.27 Å². The molecule has 0 aliphatic carbocycles. The first-order valence-corrected chi connectivity index (χ1v) is 5.72. The second kappa shape index (κ2) is 8.17. The van der Waals surface area contributed by atoms with Crippen molar-refractivity contribution in [3.05, 3.63) is 0 Å². The minimum Gasteiger partial charge on any atom is 0 e. The second-order valence-electron chi connectivity index (χ2n) is 1.50. The van der Waals surface area contributed by atoms with Crippen LogP contribution in [0.2, 0.25) is 0 Å². The molecular weight excluding hydrogens is 260 g/mol. The topological polar surface area (TPSA) is 67.2 Å². The fourth-order valence-electron chi connectivity index (χ4n) is 0.351. The van der Waals surface area contributed by atoms with E-state index in [4.69, 9.17) is 5.26 Å². The van der Waals surface area contributed by atoms with Crippen molar-refractivity contribution >= 4 is 76.8 Å². The molecule has 0 unspecified atom stereocenters. The first-order valence-electron chi connectivity index (χ1n) is 2.59. The quantitative estimate of drug-likeness (QED) is 0.642. The van der Waals surface area contributed by atoms with Gasteiger partial charge in [0.2, 0.25) is 0 Å². The van der Waals surface area contributed by atoms with Crippen LogP contribution in [-0.2, 0) is 13.4 Å². The number of nitrogens with zero attached hydrogens (tertiary/aromatic N) is 1. The van der Waals surface area contributed by atoms with Gasteiger partial charge in [0, 0.05) is 51.4 Å². The van der Waals surface area contributed by atoms with Crippen LogP contribution in [0.15, 0.2) is 0 Å². The maximum absolute atomic E-state index is 10.6. The van der Waals surface area contributed by atoms with E-state index in [-0.39, 0.29) is 57.1 Å².